The maximum Gasteiger partial charge on any atom is 0.251 e. The van der Waals surface area contributed by atoms with Gasteiger partial charge in [0, 0.05) is 24.6 Å². The summed E-state index contributed by atoms with van der Waals surface area (Å²) in [6.45, 7) is 0. The number of benzene rings is 2. The van der Waals surface area contributed by atoms with Crippen molar-refractivity contribution in [2.45, 2.75) is 12.8 Å². The van der Waals surface area contributed by atoms with Crippen LogP contribution in [0.15, 0.2) is 46.9 Å². The fourth-order valence-electron chi connectivity index (χ4n) is 2.30. The molecule has 0 aliphatic rings. The van der Waals surface area contributed by atoms with Crippen molar-refractivity contribution in [2.24, 2.45) is 0 Å². The molecule has 1 N–H and O–H groups in total. The molecular weight excluding hydrogens is 344 g/mol. The van der Waals surface area contributed by atoms with Gasteiger partial charge < -0.3 is 14.5 Å². The normalized spacial score (nSPS) is 10.6. The highest BCUT2D eigenvalue weighted by atomic mass is 19.2. The van der Waals surface area contributed by atoms with Gasteiger partial charge in [-0.3, -0.25) is 4.79 Å². The van der Waals surface area contributed by atoms with Crippen LogP contribution in [0.5, 0.6) is 5.75 Å². The van der Waals surface area contributed by atoms with Crippen molar-refractivity contribution in [1.29, 1.82) is 0 Å². The van der Waals surface area contributed by atoms with Gasteiger partial charge in [-0.05, 0) is 24.3 Å². The standard InChI is InChI=1S/C18H15F2N3O3/c1-25-15-5-3-2-4-12(15)18-23-22-17(26-18)9-8-16(24)21-11-6-7-13(19)14(20)10-11/h2-7,10H,8-9H2,1H3,(H,21,24). The van der Waals surface area contributed by atoms with E-state index in [1.54, 1.807) is 19.2 Å². The molecule has 0 fully saturated rings. The predicted molar refractivity (Wildman–Crippen MR) is 89.6 cm³/mol. The number of carbonyl (C=O) groups excluding carboxylic acids is 1. The van der Waals surface area contributed by atoms with Crippen LogP contribution in [0, 0.1) is 11.6 Å². The SMILES string of the molecule is COc1ccccc1-c1nnc(CCC(=O)Nc2ccc(F)c(F)c2)o1. The van der Waals surface area contributed by atoms with E-state index < -0.39 is 11.6 Å². The van der Waals surface area contributed by atoms with Crippen LogP contribution in [0.1, 0.15) is 12.3 Å². The quantitative estimate of drug-likeness (QED) is 0.728. The summed E-state index contributed by atoms with van der Waals surface area (Å²) in [6, 6.07) is 10.3. The minimum Gasteiger partial charge on any atom is -0.496 e. The average Bonchev–Trinajstić information content (AvgIpc) is 3.12. The number of aromatic nitrogens is 2. The number of para-hydroxylation sites is 1. The first kappa shape index (κ1) is 17.5. The molecule has 0 radical (unpaired) electrons. The van der Waals surface area contributed by atoms with Crippen LogP contribution in [0.3, 0.4) is 0 Å². The van der Waals surface area contributed by atoms with Crippen LogP contribution in [0.25, 0.3) is 11.5 Å². The van der Waals surface area contributed by atoms with Crippen LogP contribution in [-0.2, 0) is 11.2 Å². The minimum atomic E-state index is -1.03. The first-order valence-electron chi connectivity index (χ1n) is 7.77. The van der Waals surface area contributed by atoms with Crippen LogP contribution in [0.4, 0.5) is 14.5 Å². The van der Waals surface area contributed by atoms with Crippen molar-refractivity contribution in [3.05, 3.63) is 60.0 Å². The van der Waals surface area contributed by atoms with E-state index in [0.717, 1.165) is 12.1 Å². The van der Waals surface area contributed by atoms with Crippen LogP contribution in [0.2, 0.25) is 0 Å². The molecule has 0 atom stereocenters. The first-order valence-corrected chi connectivity index (χ1v) is 7.77. The Morgan fingerprint density at radius 1 is 1.15 bits per heavy atom. The Morgan fingerprint density at radius 3 is 2.73 bits per heavy atom. The molecule has 0 unspecified atom stereocenters. The molecule has 0 bridgehead atoms. The van der Waals surface area contributed by atoms with E-state index in [0.29, 0.717) is 17.2 Å². The number of hydrogen-bond donors (Lipinski definition) is 1. The highest BCUT2D eigenvalue weighted by molar-refractivity contribution is 5.90. The highest BCUT2D eigenvalue weighted by Crippen LogP contribution is 2.28. The van der Waals surface area contributed by atoms with E-state index >= 15 is 0 Å². The zero-order chi connectivity index (χ0) is 18.5. The zero-order valence-electron chi connectivity index (χ0n) is 13.8. The summed E-state index contributed by atoms with van der Waals surface area (Å²) in [5, 5.41) is 10.4. The molecule has 3 aromatic rings. The second-order valence-corrected chi connectivity index (χ2v) is 5.38. The Morgan fingerprint density at radius 2 is 1.96 bits per heavy atom. The number of ether oxygens (including phenoxy) is 1. The lowest BCUT2D eigenvalue weighted by Gasteiger charge is -2.04. The molecule has 134 valence electrons. The van der Waals surface area contributed by atoms with Gasteiger partial charge in [0.25, 0.3) is 5.89 Å². The number of nitrogens with one attached hydrogen (secondary N) is 1. The molecule has 26 heavy (non-hydrogen) atoms. The number of aryl methyl sites for hydroxylation is 1. The summed E-state index contributed by atoms with van der Waals surface area (Å²) in [4.78, 5) is 11.9. The average molecular weight is 359 g/mol. The minimum absolute atomic E-state index is 0.0482. The van der Waals surface area contributed by atoms with Crippen molar-refractivity contribution < 1.29 is 22.7 Å². The summed E-state index contributed by atoms with van der Waals surface area (Å²) >= 11 is 0. The monoisotopic (exact) mass is 359 g/mol. The molecule has 1 amide bonds. The smallest absolute Gasteiger partial charge is 0.251 e. The molecule has 3 rings (SSSR count). The molecule has 6 nitrogen and oxygen atoms in total. The molecule has 1 heterocycles. The Balaban J connectivity index is 1.61. The van der Waals surface area contributed by atoms with Gasteiger partial charge in [0.1, 0.15) is 5.75 Å². The number of rotatable bonds is 6. The van der Waals surface area contributed by atoms with Crippen LogP contribution >= 0.6 is 0 Å². The molecule has 0 saturated carbocycles. The lowest BCUT2D eigenvalue weighted by Crippen LogP contribution is -2.12. The van der Waals surface area contributed by atoms with Crippen molar-refractivity contribution >= 4 is 11.6 Å². The van der Waals surface area contributed by atoms with Crippen LogP contribution in [-0.4, -0.2) is 23.2 Å². The van der Waals surface area contributed by atoms with Crippen LogP contribution < -0.4 is 10.1 Å². The Kier molecular flexibility index (Phi) is 5.21. The largest absolute Gasteiger partial charge is 0.496 e. The summed E-state index contributed by atoms with van der Waals surface area (Å²) in [5.41, 5.74) is 0.828. The van der Waals surface area contributed by atoms with Gasteiger partial charge in [0.2, 0.25) is 11.8 Å². The summed E-state index contributed by atoms with van der Waals surface area (Å²) in [5.74, 6) is -1.21. The molecule has 0 aliphatic carbocycles. The van der Waals surface area contributed by atoms with Gasteiger partial charge in [-0.25, -0.2) is 8.78 Å². The fraction of sp³-hybridized carbons (Fsp3) is 0.167. The predicted octanol–water partition coefficient (Wildman–Crippen LogP) is 3.59. The first-order chi connectivity index (χ1) is 12.6. The molecule has 0 saturated heterocycles. The lowest BCUT2D eigenvalue weighted by atomic mass is 10.2. The molecule has 8 heteroatoms. The zero-order valence-corrected chi connectivity index (χ0v) is 13.8. The van der Waals surface area contributed by atoms with E-state index in [1.165, 1.54) is 6.07 Å². The van der Waals surface area contributed by atoms with E-state index in [9.17, 15) is 13.6 Å². The lowest BCUT2D eigenvalue weighted by molar-refractivity contribution is -0.116. The van der Waals surface area contributed by atoms with Gasteiger partial charge in [-0.2, -0.15) is 0 Å². The van der Waals surface area contributed by atoms with Gasteiger partial charge in [0.15, 0.2) is 11.6 Å². The third-order valence-electron chi connectivity index (χ3n) is 3.57. The van der Waals surface area contributed by atoms with Gasteiger partial charge in [-0.1, -0.05) is 12.1 Å². The maximum atomic E-state index is 13.1. The maximum absolute atomic E-state index is 13.1. The summed E-state index contributed by atoms with van der Waals surface area (Å²) < 4.78 is 36.8. The van der Waals surface area contributed by atoms with Gasteiger partial charge in [0.05, 0.1) is 12.7 Å². The van der Waals surface area contributed by atoms with Crippen molar-refractivity contribution in [3.8, 4) is 17.2 Å². The number of methoxy groups -OCH3 is 1. The van der Waals surface area contributed by atoms with Crippen molar-refractivity contribution in [1.82, 2.24) is 10.2 Å². The summed E-state index contributed by atoms with van der Waals surface area (Å²) in [7, 11) is 1.54. The molecule has 0 aliphatic heterocycles. The van der Waals surface area contributed by atoms with E-state index in [-0.39, 0.29) is 30.3 Å². The van der Waals surface area contributed by atoms with Crippen molar-refractivity contribution in [3.63, 3.8) is 0 Å². The van der Waals surface area contributed by atoms with Gasteiger partial charge >= 0.3 is 0 Å². The topological polar surface area (TPSA) is 77.2 Å². The Bertz CT molecular complexity index is 928. The van der Waals surface area contributed by atoms with E-state index in [4.69, 9.17) is 9.15 Å². The third-order valence-corrected chi connectivity index (χ3v) is 3.57. The molecule has 2 aromatic carbocycles. The van der Waals surface area contributed by atoms with E-state index in [1.807, 2.05) is 12.1 Å². The number of hydrogen-bond acceptors (Lipinski definition) is 5. The fourth-order valence-corrected chi connectivity index (χ4v) is 2.30. The summed E-state index contributed by atoms with van der Waals surface area (Å²) in [6.07, 6.45) is 0.254. The second kappa shape index (κ2) is 7.73. The Hall–Kier alpha value is -3.29. The molecule has 0 spiro atoms. The number of carbonyl (C=O) groups is 1. The number of nitrogens with zero attached hydrogens (tertiary/aromatic N) is 2. The highest BCUT2D eigenvalue weighted by Gasteiger charge is 2.14. The number of amides is 1. The van der Waals surface area contributed by atoms with E-state index in [2.05, 4.69) is 15.5 Å². The molecule has 1 aromatic heterocycles. The molecular formula is C18H15F2N3O3. The Labute approximate surface area is 147 Å². The number of anilines is 1. The van der Waals surface area contributed by atoms with Gasteiger partial charge in [-0.15, -0.1) is 10.2 Å². The third kappa shape index (κ3) is 4.02. The van der Waals surface area contributed by atoms with Crippen molar-refractivity contribution in [2.75, 3.05) is 12.4 Å². The second-order valence-electron chi connectivity index (χ2n) is 5.38. The number of halogens is 2.